The van der Waals surface area contributed by atoms with E-state index in [0.29, 0.717) is 0 Å². The summed E-state index contributed by atoms with van der Waals surface area (Å²) in [7, 11) is 0. The van der Waals surface area contributed by atoms with Gasteiger partial charge in [-0.2, -0.15) is 0 Å². The van der Waals surface area contributed by atoms with Crippen LogP contribution < -0.4 is 5.73 Å². The molecule has 5 heteroatoms. The van der Waals surface area contributed by atoms with E-state index < -0.39 is 11.6 Å². The minimum Gasteiger partial charge on any atom is -0.324 e. The van der Waals surface area contributed by atoms with Gasteiger partial charge in [0.05, 0.1) is 4.90 Å². The minimum absolute atomic E-state index is 0.174. The van der Waals surface area contributed by atoms with E-state index in [1.807, 2.05) is 25.1 Å². The SMILES string of the molecule is CC(N)c1ccc(Br)cc1Sc1cc(F)ccc1F. The topological polar surface area (TPSA) is 26.0 Å². The molecule has 0 heterocycles. The summed E-state index contributed by atoms with van der Waals surface area (Å²) in [5.74, 6) is -0.900. The first-order chi connectivity index (χ1) is 8.97. The van der Waals surface area contributed by atoms with Gasteiger partial charge in [-0.05, 0) is 42.8 Å². The van der Waals surface area contributed by atoms with Crippen molar-refractivity contribution in [3.05, 3.63) is 58.1 Å². The third-order valence-corrected chi connectivity index (χ3v) is 4.18. The third kappa shape index (κ3) is 3.55. The van der Waals surface area contributed by atoms with Crippen molar-refractivity contribution in [1.82, 2.24) is 0 Å². The molecule has 0 bridgehead atoms. The molecule has 1 atom stereocenters. The molecule has 0 amide bonds. The summed E-state index contributed by atoms with van der Waals surface area (Å²) in [5.41, 5.74) is 6.79. The van der Waals surface area contributed by atoms with Gasteiger partial charge in [-0.25, -0.2) is 8.78 Å². The van der Waals surface area contributed by atoms with E-state index >= 15 is 0 Å². The Bertz CT molecular complexity index is 602. The van der Waals surface area contributed by atoms with Crippen LogP contribution in [0.15, 0.2) is 50.7 Å². The summed E-state index contributed by atoms with van der Waals surface area (Å²) in [6, 6.07) is 8.86. The summed E-state index contributed by atoms with van der Waals surface area (Å²) >= 11 is 4.54. The second-order valence-electron chi connectivity index (χ2n) is 4.15. The Morgan fingerprint density at radius 2 is 1.84 bits per heavy atom. The van der Waals surface area contributed by atoms with Crippen molar-refractivity contribution in [3.63, 3.8) is 0 Å². The van der Waals surface area contributed by atoms with Crippen LogP contribution >= 0.6 is 27.7 Å². The summed E-state index contributed by atoms with van der Waals surface area (Å²) in [4.78, 5) is 1.06. The van der Waals surface area contributed by atoms with Crippen LogP contribution in [0.5, 0.6) is 0 Å². The molecule has 2 rings (SSSR count). The van der Waals surface area contributed by atoms with Crippen LogP contribution in [-0.2, 0) is 0 Å². The van der Waals surface area contributed by atoms with Crippen molar-refractivity contribution in [3.8, 4) is 0 Å². The molecule has 19 heavy (non-hydrogen) atoms. The first-order valence-electron chi connectivity index (χ1n) is 5.65. The minimum atomic E-state index is -0.457. The standard InChI is InChI=1S/C14H12BrF2NS/c1-8(18)11-4-2-9(15)6-13(11)19-14-7-10(16)3-5-12(14)17/h2-8H,18H2,1H3. The number of halogens is 3. The second kappa shape index (κ2) is 6.03. The maximum Gasteiger partial charge on any atom is 0.137 e. The molecule has 0 spiro atoms. The predicted molar refractivity (Wildman–Crippen MR) is 77.2 cm³/mol. The van der Waals surface area contributed by atoms with Gasteiger partial charge in [0.1, 0.15) is 11.6 Å². The van der Waals surface area contributed by atoms with Crippen molar-refractivity contribution in [1.29, 1.82) is 0 Å². The fourth-order valence-corrected chi connectivity index (χ4v) is 3.29. The van der Waals surface area contributed by atoms with Crippen LogP contribution in [0.2, 0.25) is 0 Å². The fourth-order valence-electron chi connectivity index (χ4n) is 1.65. The molecule has 0 aliphatic heterocycles. The molecule has 0 saturated carbocycles. The van der Waals surface area contributed by atoms with Gasteiger partial charge >= 0.3 is 0 Å². The highest BCUT2D eigenvalue weighted by Gasteiger charge is 2.12. The molecule has 1 unspecified atom stereocenters. The van der Waals surface area contributed by atoms with E-state index in [0.717, 1.165) is 27.1 Å². The van der Waals surface area contributed by atoms with Crippen molar-refractivity contribution in [2.75, 3.05) is 0 Å². The highest BCUT2D eigenvalue weighted by atomic mass is 79.9. The third-order valence-electron chi connectivity index (χ3n) is 2.58. The zero-order valence-electron chi connectivity index (χ0n) is 10.2. The van der Waals surface area contributed by atoms with Crippen LogP contribution in [0.3, 0.4) is 0 Å². The molecule has 100 valence electrons. The van der Waals surface area contributed by atoms with E-state index in [4.69, 9.17) is 5.73 Å². The Labute approximate surface area is 123 Å². The lowest BCUT2D eigenvalue weighted by atomic mass is 10.1. The van der Waals surface area contributed by atoms with Crippen molar-refractivity contribution >= 4 is 27.7 Å². The molecule has 0 radical (unpaired) electrons. The molecular weight excluding hydrogens is 332 g/mol. The maximum absolute atomic E-state index is 13.7. The zero-order chi connectivity index (χ0) is 14.0. The van der Waals surface area contributed by atoms with E-state index in [2.05, 4.69) is 15.9 Å². The number of rotatable bonds is 3. The molecule has 0 aliphatic carbocycles. The quantitative estimate of drug-likeness (QED) is 0.857. The van der Waals surface area contributed by atoms with Gasteiger partial charge in [-0.3, -0.25) is 0 Å². The zero-order valence-corrected chi connectivity index (χ0v) is 12.6. The predicted octanol–water partition coefficient (Wildman–Crippen LogP) is 4.90. The van der Waals surface area contributed by atoms with Gasteiger partial charge in [0.15, 0.2) is 0 Å². The number of nitrogens with two attached hydrogens (primary N) is 1. The van der Waals surface area contributed by atoms with Crippen molar-refractivity contribution in [2.24, 2.45) is 5.73 Å². The van der Waals surface area contributed by atoms with Gasteiger partial charge in [0, 0.05) is 15.4 Å². The molecule has 0 aromatic heterocycles. The number of benzene rings is 2. The van der Waals surface area contributed by atoms with Gasteiger partial charge in [0.2, 0.25) is 0 Å². The Kier molecular flexibility index (Phi) is 4.60. The summed E-state index contributed by atoms with van der Waals surface area (Å²) < 4.78 is 27.7. The summed E-state index contributed by atoms with van der Waals surface area (Å²) in [5, 5.41) is 0. The average molecular weight is 344 g/mol. The van der Waals surface area contributed by atoms with Crippen LogP contribution in [-0.4, -0.2) is 0 Å². The molecular formula is C14H12BrF2NS. The Morgan fingerprint density at radius 1 is 1.11 bits per heavy atom. The summed E-state index contributed by atoms with van der Waals surface area (Å²) in [6.45, 7) is 1.86. The molecule has 2 aromatic rings. The lowest BCUT2D eigenvalue weighted by Crippen LogP contribution is -2.06. The van der Waals surface area contributed by atoms with E-state index in [9.17, 15) is 8.78 Å². The second-order valence-corrected chi connectivity index (χ2v) is 6.15. The number of hydrogen-bond donors (Lipinski definition) is 1. The largest absolute Gasteiger partial charge is 0.324 e. The van der Waals surface area contributed by atoms with Gasteiger partial charge in [-0.1, -0.05) is 33.8 Å². The van der Waals surface area contributed by atoms with Gasteiger partial charge < -0.3 is 5.73 Å². The smallest absolute Gasteiger partial charge is 0.137 e. The Hall–Kier alpha value is -0.910. The summed E-state index contributed by atoms with van der Waals surface area (Å²) in [6.07, 6.45) is 0. The van der Waals surface area contributed by atoms with E-state index in [1.54, 1.807) is 0 Å². The molecule has 0 aliphatic rings. The lowest BCUT2D eigenvalue weighted by molar-refractivity contribution is 0.577. The Balaban J connectivity index is 2.42. The maximum atomic E-state index is 13.7. The Morgan fingerprint density at radius 3 is 2.53 bits per heavy atom. The van der Waals surface area contributed by atoms with Crippen molar-refractivity contribution < 1.29 is 8.78 Å². The van der Waals surface area contributed by atoms with Crippen LogP contribution in [0.4, 0.5) is 8.78 Å². The van der Waals surface area contributed by atoms with Crippen LogP contribution in [0.25, 0.3) is 0 Å². The monoisotopic (exact) mass is 343 g/mol. The molecule has 2 N–H and O–H groups in total. The first-order valence-corrected chi connectivity index (χ1v) is 7.26. The first kappa shape index (κ1) is 14.5. The van der Waals surface area contributed by atoms with Crippen molar-refractivity contribution in [2.45, 2.75) is 22.8 Å². The molecule has 1 nitrogen and oxygen atoms in total. The van der Waals surface area contributed by atoms with Gasteiger partial charge in [-0.15, -0.1) is 0 Å². The molecule has 0 saturated heterocycles. The van der Waals surface area contributed by atoms with Crippen LogP contribution in [0.1, 0.15) is 18.5 Å². The van der Waals surface area contributed by atoms with E-state index in [1.165, 1.54) is 17.8 Å². The van der Waals surface area contributed by atoms with Gasteiger partial charge in [0.25, 0.3) is 0 Å². The average Bonchev–Trinajstić information content (AvgIpc) is 2.33. The van der Waals surface area contributed by atoms with Crippen LogP contribution in [0, 0.1) is 11.6 Å². The number of hydrogen-bond acceptors (Lipinski definition) is 2. The highest BCUT2D eigenvalue weighted by Crippen LogP contribution is 2.36. The van der Waals surface area contributed by atoms with E-state index in [-0.39, 0.29) is 10.9 Å². The lowest BCUT2D eigenvalue weighted by Gasteiger charge is -2.13. The fraction of sp³-hybridized carbons (Fsp3) is 0.143. The molecule has 2 aromatic carbocycles. The normalized spacial score (nSPS) is 12.5. The highest BCUT2D eigenvalue weighted by molar-refractivity contribution is 9.10. The molecule has 0 fully saturated rings.